The molecule has 0 amide bonds. The summed E-state index contributed by atoms with van der Waals surface area (Å²) >= 11 is 0. The third-order valence-corrected chi connectivity index (χ3v) is 3.68. The minimum atomic E-state index is -0.232. The Morgan fingerprint density at radius 1 is 1.06 bits per heavy atom. The second-order valence-electron chi connectivity index (χ2n) is 4.90. The average Bonchev–Trinajstić information content (AvgIpc) is 2.85. The average molecular weight is 239 g/mol. The van der Waals surface area contributed by atoms with Crippen molar-refractivity contribution in [2.24, 2.45) is 5.73 Å². The maximum atomic E-state index is 6.55. The molecule has 2 N–H and O–H groups in total. The smallest absolute Gasteiger partial charge is 0.0604 e. The fraction of sp³-hybridized carbons (Fsp3) is 0.267. The summed E-state index contributed by atoms with van der Waals surface area (Å²) in [5, 5.41) is 0. The van der Waals surface area contributed by atoms with E-state index < -0.39 is 0 Å². The number of aromatic nitrogens is 1. The predicted molar refractivity (Wildman–Crippen MR) is 73.4 cm³/mol. The van der Waals surface area contributed by atoms with Gasteiger partial charge in [0.05, 0.1) is 5.54 Å². The van der Waals surface area contributed by atoms with Gasteiger partial charge in [0.25, 0.3) is 0 Å². The number of hydrogen-bond donors (Lipinski definition) is 1. The summed E-state index contributed by atoms with van der Waals surface area (Å²) in [6.45, 7) is 1.86. The van der Waals surface area contributed by atoms with Gasteiger partial charge in [0.15, 0.2) is 0 Å². The molecule has 0 unspecified atom stereocenters. The molecule has 1 fully saturated rings. The number of nitrogens with two attached hydrogens (primary N) is 1. The molecule has 1 aromatic carbocycles. The monoisotopic (exact) mass is 239 g/mol. The minimum absolute atomic E-state index is 0.232. The largest absolute Gasteiger partial charge is 0.369 e. The lowest BCUT2D eigenvalue weighted by Crippen LogP contribution is -2.39. The zero-order valence-corrected chi connectivity index (χ0v) is 10.3. The Bertz CT molecular complexity index is 512. The molecule has 0 aliphatic carbocycles. The molecule has 18 heavy (non-hydrogen) atoms. The lowest BCUT2D eigenvalue weighted by atomic mass is 9.90. The van der Waals surface area contributed by atoms with E-state index in [1.165, 1.54) is 11.3 Å². The minimum Gasteiger partial charge on any atom is -0.369 e. The number of benzene rings is 1. The maximum absolute atomic E-state index is 6.55. The van der Waals surface area contributed by atoms with Gasteiger partial charge in [-0.15, -0.1) is 0 Å². The molecule has 3 nitrogen and oxygen atoms in total. The van der Waals surface area contributed by atoms with E-state index in [9.17, 15) is 0 Å². The number of nitrogens with zero attached hydrogens (tertiary/aromatic N) is 2. The van der Waals surface area contributed by atoms with Crippen molar-refractivity contribution in [2.75, 3.05) is 18.0 Å². The van der Waals surface area contributed by atoms with Gasteiger partial charge in [-0.2, -0.15) is 0 Å². The summed E-state index contributed by atoms with van der Waals surface area (Å²) in [6, 6.07) is 14.5. The lowest BCUT2D eigenvalue weighted by Gasteiger charge is -2.26. The highest BCUT2D eigenvalue weighted by molar-refractivity contribution is 5.48. The topological polar surface area (TPSA) is 42.1 Å². The van der Waals surface area contributed by atoms with Gasteiger partial charge in [0.1, 0.15) is 0 Å². The molecule has 2 heterocycles. The summed E-state index contributed by atoms with van der Waals surface area (Å²) in [5.41, 5.74) is 8.74. The Morgan fingerprint density at radius 2 is 1.78 bits per heavy atom. The van der Waals surface area contributed by atoms with Crippen molar-refractivity contribution in [3.05, 3.63) is 60.4 Å². The highest BCUT2D eigenvalue weighted by Gasteiger charge is 2.35. The van der Waals surface area contributed by atoms with Crippen LogP contribution in [0.2, 0.25) is 0 Å². The van der Waals surface area contributed by atoms with Crippen molar-refractivity contribution >= 4 is 5.69 Å². The second kappa shape index (κ2) is 4.42. The van der Waals surface area contributed by atoms with Gasteiger partial charge in [-0.05, 0) is 24.1 Å². The molecule has 1 saturated heterocycles. The number of pyridine rings is 1. The molecule has 0 bridgehead atoms. The van der Waals surface area contributed by atoms with Crippen molar-refractivity contribution in [1.29, 1.82) is 0 Å². The first-order chi connectivity index (χ1) is 8.78. The Labute approximate surface area is 107 Å². The van der Waals surface area contributed by atoms with Crippen LogP contribution in [0, 0.1) is 0 Å². The van der Waals surface area contributed by atoms with Crippen LogP contribution in [-0.4, -0.2) is 18.1 Å². The van der Waals surface area contributed by atoms with Crippen LogP contribution in [0.1, 0.15) is 12.0 Å². The SMILES string of the molecule is N[C@@]1(c2ccccc2)CCN(c2ccncc2)C1. The molecule has 0 spiro atoms. The van der Waals surface area contributed by atoms with E-state index in [1.807, 2.05) is 30.6 Å². The fourth-order valence-electron chi connectivity index (χ4n) is 2.61. The van der Waals surface area contributed by atoms with Crippen LogP contribution in [0.5, 0.6) is 0 Å². The quantitative estimate of drug-likeness (QED) is 0.873. The summed E-state index contributed by atoms with van der Waals surface area (Å²) in [6.07, 6.45) is 4.64. The normalized spacial score (nSPS) is 23.3. The van der Waals surface area contributed by atoms with Crippen LogP contribution in [0.3, 0.4) is 0 Å². The third-order valence-electron chi connectivity index (χ3n) is 3.68. The summed E-state index contributed by atoms with van der Waals surface area (Å²) in [4.78, 5) is 6.38. The second-order valence-corrected chi connectivity index (χ2v) is 4.90. The summed E-state index contributed by atoms with van der Waals surface area (Å²) in [7, 11) is 0. The zero-order chi connectivity index (χ0) is 12.4. The molecule has 3 heteroatoms. The molecule has 92 valence electrons. The van der Waals surface area contributed by atoms with E-state index in [2.05, 4.69) is 34.1 Å². The van der Waals surface area contributed by atoms with Gasteiger partial charge in [0, 0.05) is 31.2 Å². The molecule has 2 aromatic rings. The molecule has 1 atom stereocenters. The van der Waals surface area contributed by atoms with Gasteiger partial charge >= 0.3 is 0 Å². The van der Waals surface area contributed by atoms with Crippen molar-refractivity contribution in [3.8, 4) is 0 Å². The van der Waals surface area contributed by atoms with Gasteiger partial charge in [0.2, 0.25) is 0 Å². The molecule has 1 aliphatic rings. The predicted octanol–water partition coefficient (Wildman–Crippen LogP) is 2.15. The molecule has 1 aromatic heterocycles. The van der Waals surface area contributed by atoms with Crippen LogP contribution < -0.4 is 10.6 Å². The summed E-state index contributed by atoms with van der Waals surface area (Å²) in [5.74, 6) is 0. The first-order valence-corrected chi connectivity index (χ1v) is 6.27. The van der Waals surface area contributed by atoms with Crippen molar-refractivity contribution in [3.63, 3.8) is 0 Å². The Morgan fingerprint density at radius 3 is 2.50 bits per heavy atom. The van der Waals surface area contributed by atoms with Gasteiger partial charge in [-0.3, -0.25) is 4.98 Å². The van der Waals surface area contributed by atoms with Crippen molar-refractivity contribution in [1.82, 2.24) is 4.98 Å². The number of rotatable bonds is 2. The van der Waals surface area contributed by atoms with Crippen LogP contribution in [-0.2, 0) is 5.54 Å². The Kier molecular flexibility index (Phi) is 2.76. The fourth-order valence-corrected chi connectivity index (χ4v) is 2.61. The van der Waals surface area contributed by atoms with E-state index in [-0.39, 0.29) is 5.54 Å². The maximum Gasteiger partial charge on any atom is 0.0604 e. The lowest BCUT2D eigenvalue weighted by molar-refractivity contribution is 0.499. The molecule has 0 saturated carbocycles. The van der Waals surface area contributed by atoms with Crippen LogP contribution in [0.25, 0.3) is 0 Å². The highest BCUT2D eigenvalue weighted by Crippen LogP contribution is 2.32. The van der Waals surface area contributed by atoms with Gasteiger partial charge < -0.3 is 10.6 Å². The number of anilines is 1. The molecular weight excluding hydrogens is 222 g/mol. The zero-order valence-electron chi connectivity index (χ0n) is 10.3. The molecular formula is C15H17N3. The third kappa shape index (κ3) is 1.97. The summed E-state index contributed by atoms with van der Waals surface area (Å²) < 4.78 is 0. The van der Waals surface area contributed by atoms with Crippen LogP contribution >= 0.6 is 0 Å². The van der Waals surface area contributed by atoms with E-state index in [4.69, 9.17) is 5.73 Å². The van der Waals surface area contributed by atoms with Crippen molar-refractivity contribution in [2.45, 2.75) is 12.0 Å². The van der Waals surface area contributed by atoms with E-state index in [0.717, 1.165) is 19.5 Å². The first-order valence-electron chi connectivity index (χ1n) is 6.27. The first kappa shape index (κ1) is 11.2. The van der Waals surface area contributed by atoms with E-state index in [0.29, 0.717) is 0 Å². The van der Waals surface area contributed by atoms with Crippen LogP contribution in [0.15, 0.2) is 54.9 Å². The highest BCUT2D eigenvalue weighted by atomic mass is 15.2. The van der Waals surface area contributed by atoms with Gasteiger partial charge in [-0.1, -0.05) is 30.3 Å². The van der Waals surface area contributed by atoms with Crippen LogP contribution in [0.4, 0.5) is 5.69 Å². The molecule has 3 rings (SSSR count). The van der Waals surface area contributed by atoms with Crippen molar-refractivity contribution < 1.29 is 0 Å². The Balaban J connectivity index is 1.83. The molecule has 1 aliphatic heterocycles. The number of hydrogen-bond acceptors (Lipinski definition) is 3. The van der Waals surface area contributed by atoms with E-state index >= 15 is 0 Å². The standard InChI is InChI=1S/C15H17N3/c16-15(13-4-2-1-3-5-13)8-11-18(12-15)14-6-9-17-10-7-14/h1-7,9-10H,8,11-12,16H2/t15-/m0/s1. The Hall–Kier alpha value is -1.87. The molecule has 0 radical (unpaired) electrons. The van der Waals surface area contributed by atoms with Gasteiger partial charge in [-0.25, -0.2) is 0 Å². The van der Waals surface area contributed by atoms with E-state index in [1.54, 1.807) is 0 Å².